The van der Waals surface area contributed by atoms with Gasteiger partial charge in [0.25, 0.3) is 0 Å². The number of amides is 3. The van der Waals surface area contributed by atoms with E-state index in [9.17, 15) is 9.59 Å². The van der Waals surface area contributed by atoms with Gasteiger partial charge in [0.05, 0.1) is 5.92 Å². The minimum absolute atomic E-state index is 0.0547. The minimum atomic E-state index is -0.269. The summed E-state index contributed by atoms with van der Waals surface area (Å²) in [4.78, 5) is 24.4. The summed E-state index contributed by atoms with van der Waals surface area (Å²) in [6.07, 6.45) is 0.713. The van der Waals surface area contributed by atoms with Crippen molar-refractivity contribution in [1.82, 2.24) is 5.32 Å². The minimum Gasteiger partial charge on any atom is -0.336 e. The summed E-state index contributed by atoms with van der Waals surface area (Å²) >= 11 is 0. The zero-order valence-corrected chi connectivity index (χ0v) is 14.9. The summed E-state index contributed by atoms with van der Waals surface area (Å²) in [7, 11) is 0. The van der Waals surface area contributed by atoms with Gasteiger partial charge in [0.1, 0.15) is 0 Å². The second-order valence-corrected chi connectivity index (χ2v) is 6.19. The first-order valence-electron chi connectivity index (χ1n) is 8.53. The molecule has 2 rings (SSSR count). The van der Waals surface area contributed by atoms with Crippen molar-refractivity contribution in [3.63, 3.8) is 0 Å². The summed E-state index contributed by atoms with van der Waals surface area (Å²) in [6, 6.07) is 16.6. The fourth-order valence-corrected chi connectivity index (χ4v) is 2.59. The van der Waals surface area contributed by atoms with Crippen LogP contribution >= 0.6 is 0 Å². The first kappa shape index (κ1) is 18.5. The molecule has 0 aliphatic rings. The number of nitrogens with one attached hydrogen (secondary N) is 3. The highest BCUT2D eigenvalue weighted by atomic mass is 16.2. The van der Waals surface area contributed by atoms with Crippen molar-refractivity contribution in [1.29, 1.82) is 0 Å². The van der Waals surface area contributed by atoms with Crippen molar-refractivity contribution in [2.45, 2.75) is 39.2 Å². The molecule has 3 N–H and O–H groups in total. The summed E-state index contributed by atoms with van der Waals surface area (Å²) in [6.45, 7) is 5.78. The van der Waals surface area contributed by atoms with E-state index in [-0.39, 0.29) is 23.9 Å². The largest absolute Gasteiger partial charge is 0.336 e. The summed E-state index contributed by atoms with van der Waals surface area (Å²) in [5.74, 6) is -0.264. The Bertz CT molecular complexity index is 714. The first-order valence-corrected chi connectivity index (χ1v) is 8.53. The molecule has 5 heteroatoms. The maximum atomic E-state index is 12.6. The third-order valence-electron chi connectivity index (χ3n) is 3.73. The zero-order chi connectivity index (χ0) is 18.2. The molecule has 0 fully saturated rings. The molecule has 0 radical (unpaired) electrons. The molecule has 0 aromatic heterocycles. The Morgan fingerprint density at radius 1 is 0.920 bits per heavy atom. The van der Waals surface area contributed by atoms with Crippen LogP contribution in [0.2, 0.25) is 0 Å². The van der Waals surface area contributed by atoms with Crippen molar-refractivity contribution in [3.05, 3.63) is 60.2 Å². The Hall–Kier alpha value is -2.82. The van der Waals surface area contributed by atoms with Crippen LogP contribution in [0.3, 0.4) is 0 Å². The molecule has 1 atom stereocenters. The summed E-state index contributed by atoms with van der Waals surface area (Å²) in [5.41, 5.74) is 2.28. The molecule has 0 saturated carbocycles. The molecule has 2 aromatic carbocycles. The lowest BCUT2D eigenvalue weighted by atomic mass is 9.95. The van der Waals surface area contributed by atoms with E-state index in [4.69, 9.17) is 0 Å². The monoisotopic (exact) mass is 339 g/mol. The predicted molar refractivity (Wildman–Crippen MR) is 102 cm³/mol. The van der Waals surface area contributed by atoms with Crippen LogP contribution in [0.25, 0.3) is 0 Å². The van der Waals surface area contributed by atoms with Crippen LogP contribution in [-0.4, -0.2) is 18.0 Å². The molecule has 0 unspecified atom stereocenters. The fraction of sp³-hybridized carbons (Fsp3) is 0.300. The smallest absolute Gasteiger partial charge is 0.319 e. The molecule has 0 aliphatic carbocycles. The highest BCUT2D eigenvalue weighted by molar-refractivity contribution is 5.97. The van der Waals surface area contributed by atoms with Gasteiger partial charge in [-0.2, -0.15) is 0 Å². The van der Waals surface area contributed by atoms with E-state index in [2.05, 4.69) is 16.0 Å². The third kappa shape index (κ3) is 5.64. The SMILES string of the molecule is CC[C@H](C(=O)Nc1cccc(NC(=O)NC(C)C)c1)c1ccccc1. The molecule has 3 amide bonds. The van der Waals surface area contributed by atoms with Crippen LogP contribution in [0.15, 0.2) is 54.6 Å². The van der Waals surface area contributed by atoms with E-state index in [1.165, 1.54) is 0 Å². The van der Waals surface area contributed by atoms with Gasteiger partial charge in [0.15, 0.2) is 0 Å². The zero-order valence-electron chi connectivity index (χ0n) is 14.9. The Morgan fingerprint density at radius 3 is 2.16 bits per heavy atom. The molecule has 0 heterocycles. The van der Waals surface area contributed by atoms with Crippen molar-refractivity contribution in [2.24, 2.45) is 0 Å². The van der Waals surface area contributed by atoms with E-state index in [1.54, 1.807) is 24.3 Å². The highest BCUT2D eigenvalue weighted by Gasteiger charge is 2.18. The second-order valence-electron chi connectivity index (χ2n) is 6.19. The van der Waals surface area contributed by atoms with Crippen molar-refractivity contribution < 1.29 is 9.59 Å². The molecule has 2 aromatic rings. The lowest BCUT2D eigenvalue weighted by Crippen LogP contribution is -2.34. The summed E-state index contributed by atoms with van der Waals surface area (Å²) in [5, 5.41) is 8.46. The predicted octanol–water partition coefficient (Wildman–Crippen LogP) is 4.35. The molecule has 0 aliphatic heterocycles. The number of benzene rings is 2. The van der Waals surface area contributed by atoms with E-state index in [1.807, 2.05) is 51.1 Å². The lowest BCUT2D eigenvalue weighted by Gasteiger charge is -2.16. The number of hydrogen-bond acceptors (Lipinski definition) is 2. The van der Waals surface area contributed by atoms with Crippen LogP contribution < -0.4 is 16.0 Å². The molecule has 0 bridgehead atoms. The van der Waals surface area contributed by atoms with Crippen LogP contribution in [0, 0.1) is 0 Å². The Labute approximate surface area is 148 Å². The maximum absolute atomic E-state index is 12.6. The number of carbonyl (C=O) groups excluding carboxylic acids is 2. The van der Waals surface area contributed by atoms with E-state index in [0.717, 1.165) is 5.56 Å². The molecule has 25 heavy (non-hydrogen) atoms. The van der Waals surface area contributed by atoms with Gasteiger partial charge in [-0.1, -0.05) is 43.3 Å². The van der Waals surface area contributed by atoms with E-state index >= 15 is 0 Å². The molecule has 0 spiro atoms. The number of anilines is 2. The van der Waals surface area contributed by atoms with Gasteiger partial charge in [-0.15, -0.1) is 0 Å². The van der Waals surface area contributed by atoms with Gasteiger partial charge in [-0.3, -0.25) is 4.79 Å². The van der Waals surface area contributed by atoms with Crippen LogP contribution in [-0.2, 0) is 4.79 Å². The number of hydrogen-bond donors (Lipinski definition) is 3. The first-order chi connectivity index (χ1) is 12.0. The molecule has 132 valence electrons. The van der Waals surface area contributed by atoms with Crippen LogP contribution in [0.1, 0.15) is 38.7 Å². The van der Waals surface area contributed by atoms with Crippen LogP contribution in [0.4, 0.5) is 16.2 Å². The Morgan fingerprint density at radius 2 is 1.56 bits per heavy atom. The van der Waals surface area contributed by atoms with Crippen molar-refractivity contribution in [3.8, 4) is 0 Å². The van der Waals surface area contributed by atoms with Crippen LogP contribution in [0.5, 0.6) is 0 Å². The van der Waals surface area contributed by atoms with Gasteiger partial charge in [0, 0.05) is 17.4 Å². The average molecular weight is 339 g/mol. The van der Waals surface area contributed by atoms with Gasteiger partial charge in [-0.25, -0.2) is 4.79 Å². The van der Waals surface area contributed by atoms with E-state index < -0.39 is 0 Å². The van der Waals surface area contributed by atoms with Gasteiger partial charge in [0.2, 0.25) is 5.91 Å². The average Bonchev–Trinajstić information content (AvgIpc) is 2.56. The standard InChI is InChI=1S/C20H25N3O2/c1-4-18(15-9-6-5-7-10-15)19(24)22-16-11-8-12-17(13-16)23-20(25)21-14(2)3/h5-14,18H,4H2,1-3H3,(H,22,24)(H2,21,23,25)/t18-/m0/s1. The maximum Gasteiger partial charge on any atom is 0.319 e. The lowest BCUT2D eigenvalue weighted by molar-refractivity contribution is -0.117. The normalized spacial score (nSPS) is 11.7. The third-order valence-corrected chi connectivity index (χ3v) is 3.73. The molecule has 5 nitrogen and oxygen atoms in total. The van der Waals surface area contributed by atoms with Gasteiger partial charge in [-0.05, 0) is 44.0 Å². The van der Waals surface area contributed by atoms with Crippen molar-refractivity contribution in [2.75, 3.05) is 10.6 Å². The fourth-order valence-electron chi connectivity index (χ4n) is 2.59. The second kappa shape index (κ2) is 8.87. The van der Waals surface area contributed by atoms with Gasteiger partial charge >= 0.3 is 6.03 Å². The van der Waals surface area contributed by atoms with Crippen molar-refractivity contribution >= 4 is 23.3 Å². The summed E-state index contributed by atoms with van der Waals surface area (Å²) < 4.78 is 0. The van der Waals surface area contributed by atoms with E-state index in [0.29, 0.717) is 17.8 Å². The number of carbonyl (C=O) groups is 2. The number of rotatable bonds is 6. The number of urea groups is 1. The molecular formula is C20H25N3O2. The highest BCUT2D eigenvalue weighted by Crippen LogP contribution is 2.22. The van der Waals surface area contributed by atoms with Gasteiger partial charge < -0.3 is 16.0 Å². The Balaban J connectivity index is 2.05. The molecular weight excluding hydrogens is 314 g/mol. The topological polar surface area (TPSA) is 70.2 Å². The Kier molecular flexibility index (Phi) is 6.57. The quantitative estimate of drug-likeness (QED) is 0.732. The molecule has 0 saturated heterocycles.